The van der Waals surface area contributed by atoms with E-state index in [0.717, 1.165) is 24.3 Å². The van der Waals surface area contributed by atoms with Crippen LogP contribution in [0.25, 0.3) is 0 Å². The summed E-state index contributed by atoms with van der Waals surface area (Å²) in [5.74, 6) is 0.854. The van der Waals surface area contributed by atoms with E-state index in [2.05, 4.69) is 15.6 Å². The van der Waals surface area contributed by atoms with Crippen molar-refractivity contribution in [3.05, 3.63) is 42.1 Å². The number of rotatable bonds is 8. The first kappa shape index (κ1) is 21.8. The molecule has 0 spiro atoms. The Hall–Kier alpha value is -2.85. The van der Waals surface area contributed by atoms with Gasteiger partial charge in [-0.15, -0.1) is 0 Å². The van der Waals surface area contributed by atoms with Gasteiger partial charge in [0.25, 0.3) is 5.91 Å². The Kier molecular flexibility index (Phi) is 6.78. The van der Waals surface area contributed by atoms with Crippen LogP contribution in [0.5, 0.6) is 5.75 Å². The lowest BCUT2D eigenvalue weighted by Crippen LogP contribution is -2.41. The molecule has 4 N–H and O–H groups in total. The van der Waals surface area contributed by atoms with E-state index in [-0.39, 0.29) is 11.5 Å². The molecule has 1 aliphatic heterocycles. The minimum absolute atomic E-state index is 0.139. The quantitative estimate of drug-likeness (QED) is 0.581. The van der Waals surface area contributed by atoms with E-state index in [0.29, 0.717) is 31.1 Å². The monoisotopic (exact) mass is 433 g/mol. The number of hydrogen-bond acceptors (Lipinski definition) is 7. The molecule has 3 rings (SSSR count). The number of carbonyl (C=O) groups excluding carboxylic acids is 1. The zero-order valence-electron chi connectivity index (χ0n) is 17.1. The number of aromatic nitrogens is 1. The number of nitrogens with zero attached hydrogens (tertiary/aromatic N) is 2. The van der Waals surface area contributed by atoms with Crippen molar-refractivity contribution < 1.29 is 17.9 Å². The van der Waals surface area contributed by atoms with Crippen molar-refractivity contribution in [2.45, 2.75) is 12.8 Å². The van der Waals surface area contributed by atoms with Gasteiger partial charge in [0, 0.05) is 37.6 Å². The van der Waals surface area contributed by atoms with E-state index >= 15 is 0 Å². The molecule has 30 heavy (non-hydrogen) atoms. The number of sulfonamides is 1. The highest BCUT2D eigenvalue weighted by Gasteiger charge is 2.26. The number of nitrogens with two attached hydrogens (primary N) is 1. The molecule has 1 aliphatic rings. The van der Waals surface area contributed by atoms with Crippen molar-refractivity contribution >= 4 is 33.1 Å². The molecule has 0 aliphatic carbocycles. The van der Waals surface area contributed by atoms with Crippen LogP contribution in [0.1, 0.15) is 23.2 Å². The Morgan fingerprint density at radius 1 is 1.33 bits per heavy atom. The number of pyridine rings is 1. The fourth-order valence-corrected chi connectivity index (χ4v) is 4.38. The molecule has 0 bridgehead atoms. The number of carbonyl (C=O) groups is 1. The first-order chi connectivity index (χ1) is 14.3. The summed E-state index contributed by atoms with van der Waals surface area (Å²) in [5, 5.41) is 6.44. The van der Waals surface area contributed by atoms with Crippen LogP contribution in [0.4, 0.5) is 17.2 Å². The molecule has 162 valence electrons. The van der Waals surface area contributed by atoms with Gasteiger partial charge in [-0.2, -0.15) is 0 Å². The van der Waals surface area contributed by atoms with E-state index in [1.54, 1.807) is 13.2 Å². The minimum Gasteiger partial charge on any atom is -0.497 e. The normalized spacial score (nSPS) is 17.3. The third-order valence-corrected chi connectivity index (χ3v) is 6.33. The van der Waals surface area contributed by atoms with Crippen LogP contribution in [-0.2, 0) is 10.0 Å². The van der Waals surface area contributed by atoms with Gasteiger partial charge >= 0.3 is 0 Å². The molecule has 1 atom stereocenters. The van der Waals surface area contributed by atoms with Gasteiger partial charge in [0.2, 0.25) is 10.0 Å². The predicted molar refractivity (Wildman–Crippen MR) is 117 cm³/mol. The third-order valence-electron chi connectivity index (χ3n) is 5.06. The summed E-state index contributed by atoms with van der Waals surface area (Å²) in [5.41, 5.74) is 7.16. The largest absolute Gasteiger partial charge is 0.497 e. The van der Waals surface area contributed by atoms with Crippen LogP contribution in [0.2, 0.25) is 0 Å². The topological polar surface area (TPSA) is 127 Å². The smallest absolute Gasteiger partial charge is 0.252 e. The number of methoxy groups -OCH3 is 1. The SMILES string of the molecule is COc1ccc(Nc2cc(NCC3CCCN(S(C)(=O)=O)C3)c(C(N)=O)cn2)cc1. The van der Waals surface area contributed by atoms with E-state index in [9.17, 15) is 13.2 Å². The summed E-state index contributed by atoms with van der Waals surface area (Å²) in [6.45, 7) is 1.53. The second kappa shape index (κ2) is 9.31. The minimum atomic E-state index is -3.21. The molecular formula is C20H27N5O4S. The lowest BCUT2D eigenvalue weighted by Gasteiger charge is -2.31. The molecule has 1 saturated heterocycles. The number of primary amides is 1. The first-order valence-corrected chi connectivity index (χ1v) is 11.5. The fraction of sp³-hybridized carbons (Fsp3) is 0.400. The molecule has 0 saturated carbocycles. The molecule has 2 heterocycles. The molecule has 10 heteroatoms. The van der Waals surface area contributed by atoms with Crippen LogP contribution < -0.4 is 21.1 Å². The number of amides is 1. The van der Waals surface area contributed by atoms with Crippen molar-refractivity contribution in [1.82, 2.24) is 9.29 Å². The molecule has 1 unspecified atom stereocenters. The highest BCUT2D eigenvalue weighted by molar-refractivity contribution is 7.88. The summed E-state index contributed by atoms with van der Waals surface area (Å²) < 4.78 is 30.3. The standard InChI is InChI=1S/C20H27N5O4S/c1-29-16-7-5-15(6-8-16)24-19-10-18(17(12-23-19)20(21)26)22-11-14-4-3-9-25(13-14)30(2,27)28/h5-8,10,12,14H,3-4,9,11,13H2,1-2H3,(H2,21,26)(H2,22,23,24). The molecule has 1 aromatic carbocycles. The maximum absolute atomic E-state index is 11.8. The summed E-state index contributed by atoms with van der Waals surface area (Å²) >= 11 is 0. The highest BCUT2D eigenvalue weighted by Crippen LogP contribution is 2.25. The summed E-state index contributed by atoms with van der Waals surface area (Å²) in [6.07, 6.45) is 4.38. The maximum atomic E-state index is 11.8. The second-order valence-electron chi connectivity index (χ2n) is 7.34. The molecule has 1 fully saturated rings. The van der Waals surface area contributed by atoms with E-state index in [1.165, 1.54) is 16.8 Å². The Morgan fingerprint density at radius 3 is 2.70 bits per heavy atom. The zero-order valence-corrected chi connectivity index (χ0v) is 17.9. The van der Waals surface area contributed by atoms with Crippen molar-refractivity contribution in [2.75, 3.05) is 43.6 Å². The number of anilines is 3. The van der Waals surface area contributed by atoms with Crippen molar-refractivity contribution in [2.24, 2.45) is 11.7 Å². The summed E-state index contributed by atoms with van der Waals surface area (Å²) in [4.78, 5) is 16.1. The lowest BCUT2D eigenvalue weighted by atomic mass is 9.99. The van der Waals surface area contributed by atoms with Gasteiger partial charge < -0.3 is 21.1 Å². The van der Waals surface area contributed by atoms with Gasteiger partial charge in [0.05, 0.1) is 24.6 Å². The van der Waals surface area contributed by atoms with Crippen LogP contribution >= 0.6 is 0 Å². The number of ether oxygens (including phenoxy) is 1. The highest BCUT2D eigenvalue weighted by atomic mass is 32.2. The maximum Gasteiger partial charge on any atom is 0.252 e. The van der Waals surface area contributed by atoms with Crippen LogP contribution in [0.15, 0.2) is 36.5 Å². The Labute approximate surface area is 176 Å². The predicted octanol–water partition coefficient (Wildman–Crippen LogP) is 2.02. The molecule has 1 amide bonds. The molecular weight excluding hydrogens is 406 g/mol. The van der Waals surface area contributed by atoms with Gasteiger partial charge in [-0.25, -0.2) is 17.7 Å². The van der Waals surface area contributed by atoms with Crippen LogP contribution in [0, 0.1) is 5.92 Å². The van der Waals surface area contributed by atoms with E-state index in [4.69, 9.17) is 10.5 Å². The van der Waals surface area contributed by atoms with Crippen molar-refractivity contribution in [1.29, 1.82) is 0 Å². The average molecular weight is 434 g/mol. The zero-order chi connectivity index (χ0) is 21.7. The Bertz CT molecular complexity index is 995. The Morgan fingerprint density at radius 2 is 2.07 bits per heavy atom. The third kappa shape index (κ3) is 5.61. The van der Waals surface area contributed by atoms with Crippen molar-refractivity contribution in [3.8, 4) is 5.75 Å². The van der Waals surface area contributed by atoms with Gasteiger partial charge in [-0.05, 0) is 43.0 Å². The fourth-order valence-electron chi connectivity index (χ4n) is 3.44. The van der Waals surface area contributed by atoms with Gasteiger partial charge in [0.15, 0.2) is 0 Å². The molecule has 9 nitrogen and oxygen atoms in total. The molecule has 1 aromatic heterocycles. The summed E-state index contributed by atoms with van der Waals surface area (Å²) in [6, 6.07) is 9.10. The number of benzene rings is 1. The number of hydrogen-bond donors (Lipinski definition) is 3. The average Bonchev–Trinajstić information content (AvgIpc) is 2.72. The van der Waals surface area contributed by atoms with Gasteiger partial charge in [-0.3, -0.25) is 4.79 Å². The van der Waals surface area contributed by atoms with Gasteiger partial charge in [-0.1, -0.05) is 0 Å². The number of piperidine rings is 1. The van der Waals surface area contributed by atoms with E-state index in [1.807, 2.05) is 24.3 Å². The molecule has 2 aromatic rings. The Balaban J connectivity index is 1.72. The lowest BCUT2D eigenvalue weighted by molar-refractivity contribution is 0.100. The summed E-state index contributed by atoms with van der Waals surface area (Å²) in [7, 11) is -1.60. The number of nitrogens with one attached hydrogen (secondary N) is 2. The van der Waals surface area contributed by atoms with Gasteiger partial charge in [0.1, 0.15) is 11.6 Å². The van der Waals surface area contributed by atoms with Crippen LogP contribution in [0.3, 0.4) is 0 Å². The molecule has 0 radical (unpaired) electrons. The van der Waals surface area contributed by atoms with E-state index < -0.39 is 15.9 Å². The first-order valence-electron chi connectivity index (χ1n) is 9.66. The second-order valence-corrected chi connectivity index (χ2v) is 9.33. The van der Waals surface area contributed by atoms with Crippen molar-refractivity contribution in [3.63, 3.8) is 0 Å². The van der Waals surface area contributed by atoms with Crippen LogP contribution in [-0.4, -0.2) is 56.6 Å².